The summed E-state index contributed by atoms with van der Waals surface area (Å²) in [5.41, 5.74) is 4.10. The van der Waals surface area contributed by atoms with E-state index in [2.05, 4.69) is 27.9 Å². The minimum atomic E-state index is -1.44. The first kappa shape index (κ1) is 27.2. The van der Waals surface area contributed by atoms with E-state index in [0.29, 0.717) is 13.1 Å². The summed E-state index contributed by atoms with van der Waals surface area (Å²) < 4.78 is 6.96. The summed E-state index contributed by atoms with van der Waals surface area (Å²) in [6, 6.07) is 27.3. The number of hydrogen-bond acceptors (Lipinski definition) is 6. The molecule has 1 aromatic heterocycles. The number of amides is 2. The van der Waals surface area contributed by atoms with Gasteiger partial charge in [-0.25, -0.2) is 9.59 Å². The quantitative estimate of drug-likeness (QED) is 0.292. The van der Waals surface area contributed by atoms with E-state index in [1.807, 2.05) is 71.6 Å². The zero-order chi connectivity index (χ0) is 29.3. The second kappa shape index (κ2) is 11.1. The zero-order valence-corrected chi connectivity index (χ0v) is 23.1. The number of anilines is 1. The topological polar surface area (TPSA) is 126 Å². The number of carboxylic acids is 1. The number of nitrogens with zero attached hydrogens (tertiary/aromatic N) is 3. The van der Waals surface area contributed by atoms with Crippen LogP contribution < -0.4 is 10.6 Å². The molecule has 214 valence electrons. The molecule has 10 heteroatoms. The second-order valence-corrected chi connectivity index (χ2v) is 10.8. The van der Waals surface area contributed by atoms with Crippen LogP contribution in [-0.2, 0) is 23.1 Å². The number of likely N-dealkylation sites (tertiary alicyclic amines) is 1. The summed E-state index contributed by atoms with van der Waals surface area (Å²) in [4.78, 5) is 40.2. The average Bonchev–Trinajstić information content (AvgIpc) is 3.67. The van der Waals surface area contributed by atoms with Crippen molar-refractivity contribution in [3.05, 3.63) is 107 Å². The van der Waals surface area contributed by atoms with Gasteiger partial charge in [0.2, 0.25) is 0 Å². The number of carbonyl (C=O) groups is 3. The van der Waals surface area contributed by atoms with Crippen molar-refractivity contribution in [1.82, 2.24) is 20.0 Å². The number of hydrogen-bond donors (Lipinski definition) is 3. The fourth-order valence-corrected chi connectivity index (χ4v) is 5.91. The Morgan fingerprint density at radius 1 is 0.976 bits per heavy atom. The van der Waals surface area contributed by atoms with E-state index in [1.165, 1.54) is 10.7 Å². The minimum Gasteiger partial charge on any atom is -0.479 e. The molecule has 3 N–H and O–H groups in total. The molecule has 1 atom stereocenters. The molecule has 1 saturated heterocycles. The molecule has 1 aliphatic heterocycles. The molecule has 1 fully saturated rings. The summed E-state index contributed by atoms with van der Waals surface area (Å²) in [5, 5.41) is 19.6. The summed E-state index contributed by atoms with van der Waals surface area (Å²) in [7, 11) is 1.58. The van der Waals surface area contributed by atoms with E-state index in [4.69, 9.17) is 4.74 Å². The van der Waals surface area contributed by atoms with Gasteiger partial charge in [0.15, 0.2) is 11.2 Å². The number of fused-ring (bicyclic) bond motifs is 3. The van der Waals surface area contributed by atoms with E-state index in [-0.39, 0.29) is 37.0 Å². The maximum absolute atomic E-state index is 13.1. The lowest BCUT2D eigenvalue weighted by atomic mass is 9.98. The van der Waals surface area contributed by atoms with Crippen LogP contribution in [0.2, 0.25) is 0 Å². The lowest BCUT2D eigenvalue weighted by molar-refractivity contribution is -0.144. The summed E-state index contributed by atoms with van der Waals surface area (Å²) in [6.45, 7) is 1.42. The van der Waals surface area contributed by atoms with E-state index in [0.717, 1.165) is 27.8 Å². The van der Waals surface area contributed by atoms with Crippen molar-refractivity contribution >= 4 is 23.8 Å². The normalized spacial score (nSPS) is 17.8. The highest BCUT2D eigenvalue weighted by Gasteiger charge is 2.46. The Labute approximate surface area is 242 Å². The van der Waals surface area contributed by atoms with Gasteiger partial charge in [-0.3, -0.25) is 19.7 Å². The minimum absolute atomic E-state index is 0.00594. The van der Waals surface area contributed by atoms with Crippen molar-refractivity contribution < 1.29 is 24.2 Å². The predicted octanol–water partition coefficient (Wildman–Crippen LogP) is 4.24. The van der Waals surface area contributed by atoms with Gasteiger partial charge in [0.1, 0.15) is 12.4 Å². The maximum Gasteiger partial charge on any atom is 0.412 e. The highest BCUT2D eigenvalue weighted by atomic mass is 16.5. The fourth-order valence-electron chi connectivity index (χ4n) is 5.91. The third kappa shape index (κ3) is 5.24. The van der Waals surface area contributed by atoms with Crippen LogP contribution >= 0.6 is 0 Å². The van der Waals surface area contributed by atoms with E-state index < -0.39 is 23.5 Å². The van der Waals surface area contributed by atoms with Crippen molar-refractivity contribution in [2.24, 2.45) is 7.05 Å². The molecular formula is C32H31N5O5. The van der Waals surface area contributed by atoms with Crippen LogP contribution in [0, 0.1) is 0 Å². The molecule has 0 saturated carbocycles. The molecule has 0 spiro atoms. The lowest BCUT2D eigenvalue weighted by Crippen LogP contribution is -2.56. The smallest absolute Gasteiger partial charge is 0.412 e. The van der Waals surface area contributed by atoms with Crippen molar-refractivity contribution in [2.45, 2.75) is 24.4 Å². The molecule has 0 bridgehead atoms. The average molecular weight is 566 g/mol. The zero-order valence-electron chi connectivity index (χ0n) is 23.1. The van der Waals surface area contributed by atoms with Crippen molar-refractivity contribution in [2.75, 3.05) is 25.0 Å². The van der Waals surface area contributed by atoms with Crippen LogP contribution in [0.5, 0.6) is 0 Å². The number of aromatic nitrogens is 2. The molecule has 6 rings (SSSR count). The number of benzene rings is 3. The highest BCUT2D eigenvalue weighted by molar-refractivity contribution is 5.98. The summed E-state index contributed by atoms with van der Waals surface area (Å²) in [6.07, 6.45) is -0.417. The van der Waals surface area contributed by atoms with Gasteiger partial charge in [0.05, 0.1) is 0 Å². The van der Waals surface area contributed by atoms with Gasteiger partial charge in [0, 0.05) is 38.7 Å². The molecule has 1 unspecified atom stereocenters. The molecule has 42 heavy (non-hydrogen) atoms. The van der Waals surface area contributed by atoms with Gasteiger partial charge >= 0.3 is 12.1 Å². The molecule has 2 aliphatic rings. The molecule has 0 radical (unpaired) electrons. The Morgan fingerprint density at radius 3 is 2.29 bits per heavy atom. The van der Waals surface area contributed by atoms with Gasteiger partial charge in [0.25, 0.3) is 5.91 Å². The molecule has 3 aromatic carbocycles. The Bertz CT molecular complexity index is 1610. The fraction of sp³-hybridized carbons (Fsp3) is 0.250. The number of aliphatic carboxylic acids is 1. The largest absolute Gasteiger partial charge is 0.479 e. The van der Waals surface area contributed by atoms with Gasteiger partial charge < -0.3 is 15.2 Å². The van der Waals surface area contributed by atoms with E-state index in [1.54, 1.807) is 7.05 Å². The number of nitrogens with one attached hydrogen (secondary N) is 2. The van der Waals surface area contributed by atoms with Crippen LogP contribution in [0.15, 0.2) is 84.9 Å². The van der Waals surface area contributed by atoms with Gasteiger partial charge in [-0.2, -0.15) is 5.10 Å². The molecule has 4 aromatic rings. The van der Waals surface area contributed by atoms with Crippen molar-refractivity contribution in [1.29, 1.82) is 0 Å². The van der Waals surface area contributed by atoms with E-state index >= 15 is 0 Å². The van der Waals surface area contributed by atoms with Crippen LogP contribution in [-0.4, -0.2) is 63.0 Å². The molecule has 2 amide bonds. The number of rotatable bonds is 8. The van der Waals surface area contributed by atoms with Gasteiger partial charge in [-0.15, -0.1) is 0 Å². The van der Waals surface area contributed by atoms with Crippen LogP contribution in [0.4, 0.5) is 10.6 Å². The van der Waals surface area contributed by atoms with Crippen molar-refractivity contribution in [3.8, 4) is 11.1 Å². The van der Waals surface area contributed by atoms with Crippen LogP contribution in [0.25, 0.3) is 11.1 Å². The first-order valence-corrected chi connectivity index (χ1v) is 13.8. The molecular weight excluding hydrogens is 534 g/mol. The maximum atomic E-state index is 13.1. The van der Waals surface area contributed by atoms with Crippen molar-refractivity contribution in [3.63, 3.8) is 0 Å². The monoisotopic (exact) mass is 565 g/mol. The number of ether oxygens (including phenoxy) is 1. The first-order valence-electron chi connectivity index (χ1n) is 13.8. The Kier molecular flexibility index (Phi) is 7.22. The highest BCUT2D eigenvalue weighted by Crippen LogP contribution is 2.44. The number of carbonyl (C=O) groups excluding carboxylic acids is 2. The summed E-state index contributed by atoms with van der Waals surface area (Å²) in [5.74, 6) is -1.57. The Balaban J connectivity index is 1.09. The van der Waals surface area contributed by atoms with Gasteiger partial charge in [-0.05, 0) is 34.2 Å². The predicted molar refractivity (Wildman–Crippen MR) is 156 cm³/mol. The van der Waals surface area contributed by atoms with Crippen LogP contribution in [0.1, 0.15) is 39.5 Å². The Morgan fingerprint density at radius 2 is 1.62 bits per heavy atom. The second-order valence-electron chi connectivity index (χ2n) is 10.8. The number of aryl methyl sites for hydroxylation is 1. The van der Waals surface area contributed by atoms with E-state index in [9.17, 15) is 19.5 Å². The molecule has 10 nitrogen and oxygen atoms in total. The molecule has 2 heterocycles. The number of carboxylic acid groups (broad SMARTS) is 1. The molecule has 1 aliphatic carbocycles. The third-order valence-corrected chi connectivity index (χ3v) is 8.05. The standard InChI is InChI=1S/C32H31N5O5/c1-36-28(33-31(41)42-19-26-24-13-7-5-11-22(24)23-12-6-8-14-25(23)26)17-27(35-36)29(38)34-32(30(39)40)15-16-37(20-32)18-21-9-3-2-4-10-21/h2-14,17,26H,15-16,18-20H2,1H3,(H,33,41)(H,34,38)(H,39,40). The summed E-state index contributed by atoms with van der Waals surface area (Å²) >= 11 is 0. The lowest BCUT2D eigenvalue weighted by Gasteiger charge is -2.26. The Hall–Kier alpha value is -4.96. The first-order chi connectivity index (χ1) is 20.3. The van der Waals surface area contributed by atoms with Crippen LogP contribution in [0.3, 0.4) is 0 Å². The SMILES string of the molecule is Cn1nc(C(=O)NC2(C(=O)O)CCN(Cc3ccccc3)C2)cc1NC(=O)OCC1c2ccccc2-c2ccccc21. The van der Waals surface area contributed by atoms with Gasteiger partial charge in [-0.1, -0.05) is 78.9 Å². The third-order valence-electron chi connectivity index (χ3n) is 8.05.